The van der Waals surface area contributed by atoms with Crippen LogP contribution in [-0.2, 0) is 0 Å². The van der Waals surface area contributed by atoms with Crippen LogP contribution in [0.2, 0.25) is 0 Å². The molecule has 0 aliphatic carbocycles. The van der Waals surface area contributed by atoms with E-state index in [2.05, 4.69) is 31.1 Å². The minimum absolute atomic E-state index is 0.459. The van der Waals surface area contributed by atoms with E-state index in [1.807, 2.05) is 22.7 Å². The van der Waals surface area contributed by atoms with E-state index in [0.717, 1.165) is 15.8 Å². The van der Waals surface area contributed by atoms with Crippen molar-refractivity contribution in [2.45, 2.75) is 0 Å². The quantitative estimate of drug-likeness (QED) is 0.676. The third kappa shape index (κ3) is 1.33. The van der Waals surface area contributed by atoms with E-state index in [1.54, 1.807) is 6.20 Å². The number of rotatable bonds is 1. The second kappa shape index (κ2) is 3.16. The summed E-state index contributed by atoms with van der Waals surface area (Å²) in [7, 11) is 0. The zero-order valence-electron chi connectivity index (χ0n) is 7.46. The Hall–Kier alpha value is -1.69. The third-order valence-electron chi connectivity index (χ3n) is 2.05. The lowest BCUT2D eigenvalue weighted by atomic mass is 10.4. The van der Waals surface area contributed by atoms with Crippen LogP contribution in [0.5, 0.6) is 0 Å². The highest BCUT2D eigenvalue weighted by atomic mass is 79.9. The average Bonchev–Trinajstić information content (AvgIpc) is 2.83. The van der Waals surface area contributed by atoms with Crippen LogP contribution in [0.3, 0.4) is 0 Å². The van der Waals surface area contributed by atoms with Crippen LogP contribution in [0, 0.1) is 0 Å². The standard InChI is InChI=1S/C9H5BrN4O/c10-6-1-2-8-11-3-7(14(8)4-6)9-13-12-5-15-9/h1-5H. The molecule has 0 aliphatic heterocycles. The summed E-state index contributed by atoms with van der Waals surface area (Å²) in [5.41, 5.74) is 1.62. The van der Waals surface area contributed by atoms with Crippen molar-refractivity contribution in [2.24, 2.45) is 0 Å². The molecule has 3 aromatic heterocycles. The molecule has 15 heavy (non-hydrogen) atoms. The van der Waals surface area contributed by atoms with Crippen molar-refractivity contribution in [1.29, 1.82) is 0 Å². The Balaban J connectivity index is 2.32. The first-order valence-corrected chi connectivity index (χ1v) is 5.03. The van der Waals surface area contributed by atoms with Crippen LogP contribution < -0.4 is 0 Å². The highest BCUT2D eigenvalue weighted by Crippen LogP contribution is 2.20. The van der Waals surface area contributed by atoms with E-state index in [9.17, 15) is 0 Å². The smallest absolute Gasteiger partial charge is 0.266 e. The molecule has 0 saturated heterocycles. The molecular weight excluding hydrogens is 260 g/mol. The van der Waals surface area contributed by atoms with Gasteiger partial charge in [-0.3, -0.25) is 4.40 Å². The van der Waals surface area contributed by atoms with Gasteiger partial charge in [0.2, 0.25) is 6.39 Å². The van der Waals surface area contributed by atoms with Crippen molar-refractivity contribution in [3.63, 3.8) is 0 Å². The van der Waals surface area contributed by atoms with Crippen LogP contribution in [0.4, 0.5) is 0 Å². The summed E-state index contributed by atoms with van der Waals surface area (Å²) in [6.07, 6.45) is 4.91. The number of halogens is 1. The lowest BCUT2D eigenvalue weighted by Crippen LogP contribution is -1.88. The van der Waals surface area contributed by atoms with Gasteiger partial charge < -0.3 is 4.42 Å². The van der Waals surface area contributed by atoms with E-state index < -0.39 is 0 Å². The van der Waals surface area contributed by atoms with Gasteiger partial charge in [0.1, 0.15) is 11.3 Å². The molecule has 74 valence electrons. The van der Waals surface area contributed by atoms with Gasteiger partial charge in [-0.2, -0.15) is 0 Å². The number of pyridine rings is 1. The molecule has 0 unspecified atom stereocenters. The second-order valence-electron chi connectivity index (χ2n) is 2.96. The van der Waals surface area contributed by atoms with Crippen LogP contribution in [0.1, 0.15) is 0 Å². The lowest BCUT2D eigenvalue weighted by Gasteiger charge is -1.97. The molecule has 5 nitrogen and oxygen atoms in total. The molecule has 6 heteroatoms. The number of nitrogens with zero attached hydrogens (tertiary/aromatic N) is 4. The summed E-state index contributed by atoms with van der Waals surface area (Å²) in [6, 6.07) is 3.84. The first-order valence-electron chi connectivity index (χ1n) is 4.24. The highest BCUT2D eigenvalue weighted by molar-refractivity contribution is 9.10. The topological polar surface area (TPSA) is 56.2 Å². The molecule has 0 amide bonds. The average molecular weight is 265 g/mol. The van der Waals surface area contributed by atoms with Crippen molar-refractivity contribution in [2.75, 3.05) is 0 Å². The molecule has 0 radical (unpaired) electrons. The van der Waals surface area contributed by atoms with Gasteiger partial charge in [0.15, 0.2) is 0 Å². The number of imidazole rings is 1. The van der Waals surface area contributed by atoms with E-state index in [-0.39, 0.29) is 0 Å². The molecule has 0 atom stereocenters. The van der Waals surface area contributed by atoms with Gasteiger partial charge >= 0.3 is 0 Å². The Morgan fingerprint density at radius 3 is 3.07 bits per heavy atom. The number of hydrogen-bond acceptors (Lipinski definition) is 4. The zero-order valence-corrected chi connectivity index (χ0v) is 9.05. The maximum Gasteiger partial charge on any atom is 0.266 e. The fraction of sp³-hybridized carbons (Fsp3) is 0. The fourth-order valence-corrected chi connectivity index (χ4v) is 1.73. The normalized spacial score (nSPS) is 11.0. The van der Waals surface area contributed by atoms with Gasteiger partial charge in [0, 0.05) is 10.7 Å². The summed E-state index contributed by atoms with van der Waals surface area (Å²) >= 11 is 3.40. The molecule has 3 aromatic rings. The van der Waals surface area contributed by atoms with Gasteiger partial charge in [-0.05, 0) is 28.1 Å². The summed E-state index contributed by atoms with van der Waals surface area (Å²) in [6.45, 7) is 0. The molecule has 0 bridgehead atoms. The van der Waals surface area contributed by atoms with Gasteiger partial charge in [0.25, 0.3) is 5.89 Å². The van der Waals surface area contributed by atoms with Crippen molar-refractivity contribution >= 4 is 21.6 Å². The SMILES string of the molecule is Brc1ccc2ncc(-c3nnco3)n2c1. The molecule has 0 fully saturated rings. The molecule has 3 heterocycles. The molecule has 3 rings (SSSR count). The number of aromatic nitrogens is 4. The minimum Gasteiger partial charge on any atom is -0.422 e. The first kappa shape index (κ1) is 8.60. The maximum absolute atomic E-state index is 5.13. The first-order chi connectivity index (χ1) is 7.34. The van der Waals surface area contributed by atoms with E-state index >= 15 is 0 Å². The monoisotopic (exact) mass is 264 g/mol. The summed E-state index contributed by atoms with van der Waals surface area (Å²) in [5.74, 6) is 0.459. The predicted octanol–water partition coefficient (Wildman–Crippen LogP) is 2.15. The van der Waals surface area contributed by atoms with Crippen molar-refractivity contribution in [1.82, 2.24) is 19.6 Å². The van der Waals surface area contributed by atoms with E-state index in [4.69, 9.17) is 4.42 Å². The Labute approximate surface area is 92.9 Å². The molecule has 0 saturated carbocycles. The molecule has 0 aliphatic rings. The van der Waals surface area contributed by atoms with Gasteiger partial charge in [-0.25, -0.2) is 4.98 Å². The predicted molar refractivity (Wildman–Crippen MR) is 56.2 cm³/mol. The Bertz CT molecular complexity index is 602. The van der Waals surface area contributed by atoms with Crippen LogP contribution in [-0.4, -0.2) is 19.6 Å². The molecule has 0 aromatic carbocycles. The van der Waals surface area contributed by atoms with Crippen molar-refractivity contribution < 1.29 is 4.42 Å². The van der Waals surface area contributed by atoms with Gasteiger partial charge in [-0.15, -0.1) is 10.2 Å². The molecule has 0 spiro atoms. The van der Waals surface area contributed by atoms with E-state index in [0.29, 0.717) is 5.89 Å². The third-order valence-corrected chi connectivity index (χ3v) is 2.52. The Morgan fingerprint density at radius 1 is 1.33 bits per heavy atom. The van der Waals surface area contributed by atoms with Gasteiger partial charge in [0.05, 0.1) is 6.20 Å². The molecular formula is C9H5BrN4O. The highest BCUT2D eigenvalue weighted by Gasteiger charge is 2.09. The second-order valence-corrected chi connectivity index (χ2v) is 3.88. The van der Waals surface area contributed by atoms with Crippen molar-refractivity contribution in [3.8, 4) is 11.6 Å². The number of hydrogen-bond donors (Lipinski definition) is 0. The Morgan fingerprint density at radius 2 is 2.27 bits per heavy atom. The Kier molecular flexibility index (Phi) is 1.81. The van der Waals surface area contributed by atoms with Gasteiger partial charge in [-0.1, -0.05) is 0 Å². The molecule has 0 N–H and O–H groups in total. The number of fused-ring (bicyclic) bond motifs is 1. The maximum atomic E-state index is 5.13. The minimum atomic E-state index is 0.459. The summed E-state index contributed by atoms with van der Waals surface area (Å²) in [5, 5.41) is 7.48. The van der Waals surface area contributed by atoms with Crippen LogP contribution in [0.15, 0.2) is 39.8 Å². The fourth-order valence-electron chi connectivity index (χ4n) is 1.40. The largest absolute Gasteiger partial charge is 0.422 e. The summed E-state index contributed by atoms with van der Waals surface area (Å²) in [4.78, 5) is 4.23. The lowest BCUT2D eigenvalue weighted by molar-refractivity contribution is 0.566. The van der Waals surface area contributed by atoms with Crippen LogP contribution in [0.25, 0.3) is 17.2 Å². The van der Waals surface area contributed by atoms with Crippen molar-refractivity contribution in [3.05, 3.63) is 35.4 Å². The summed E-state index contributed by atoms with van der Waals surface area (Å²) < 4.78 is 7.98. The van der Waals surface area contributed by atoms with E-state index in [1.165, 1.54) is 6.39 Å². The zero-order chi connectivity index (χ0) is 10.3. The van der Waals surface area contributed by atoms with Crippen LogP contribution >= 0.6 is 15.9 Å².